The number of thiazole rings is 1. The van der Waals surface area contributed by atoms with Gasteiger partial charge in [-0.3, -0.25) is 9.97 Å². The van der Waals surface area contributed by atoms with E-state index in [4.69, 9.17) is 0 Å². The van der Waals surface area contributed by atoms with Gasteiger partial charge in [0.1, 0.15) is 5.01 Å². The summed E-state index contributed by atoms with van der Waals surface area (Å²) in [5.74, 6) is 1.55. The standard InChI is InChI=1S/C17H14N6S2/c1-23-15(12-5-4-7-18-9-12)21-22-17(23)25-11-13-10-24-16(20-13)14-6-2-3-8-19-14/h2-10H,11H2,1H3. The summed E-state index contributed by atoms with van der Waals surface area (Å²) in [4.78, 5) is 13.1. The average Bonchev–Trinajstić information content (AvgIpc) is 3.28. The lowest BCUT2D eigenvalue weighted by Crippen LogP contribution is -1.95. The van der Waals surface area contributed by atoms with E-state index in [-0.39, 0.29) is 0 Å². The largest absolute Gasteiger partial charge is 0.305 e. The van der Waals surface area contributed by atoms with Crippen LogP contribution in [0.25, 0.3) is 22.1 Å². The van der Waals surface area contributed by atoms with E-state index in [0.29, 0.717) is 0 Å². The Morgan fingerprint density at radius 2 is 2.08 bits per heavy atom. The number of hydrogen-bond acceptors (Lipinski definition) is 7. The van der Waals surface area contributed by atoms with Gasteiger partial charge in [0.15, 0.2) is 11.0 Å². The molecule has 0 amide bonds. The highest BCUT2D eigenvalue weighted by Gasteiger charge is 2.12. The first kappa shape index (κ1) is 15.9. The molecule has 124 valence electrons. The van der Waals surface area contributed by atoms with E-state index in [1.165, 1.54) is 0 Å². The Kier molecular flexibility index (Phi) is 4.53. The Balaban J connectivity index is 1.48. The topological polar surface area (TPSA) is 69.4 Å². The van der Waals surface area contributed by atoms with Crippen molar-refractivity contribution in [3.05, 3.63) is 60.0 Å². The molecular weight excluding hydrogens is 352 g/mol. The molecule has 6 nitrogen and oxygen atoms in total. The molecule has 0 aliphatic carbocycles. The monoisotopic (exact) mass is 366 g/mol. The van der Waals surface area contributed by atoms with E-state index in [9.17, 15) is 0 Å². The fourth-order valence-electron chi connectivity index (χ4n) is 2.31. The van der Waals surface area contributed by atoms with Crippen LogP contribution in [0.3, 0.4) is 0 Å². The predicted molar refractivity (Wildman–Crippen MR) is 99.1 cm³/mol. The minimum atomic E-state index is 0.738. The number of pyridine rings is 2. The van der Waals surface area contributed by atoms with Gasteiger partial charge in [0.2, 0.25) is 0 Å². The van der Waals surface area contributed by atoms with Crippen molar-refractivity contribution >= 4 is 23.1 Å². The summed E-state index contributed by atoms with van der Waals surface area (Å²) in [5, 5.41) is 12.4. The van der Waals surface area contributed by atoms with Crippen molar-refractivity contribution in [1.82, 2.24) is 29.7 Å². The van der Waals surface area contributed by atoms with Crippen molar-refractivity contribution in [3.8, 4) is 22.1 Å². The fourth-order valence-corrected chi connectivity index (χ4v) is 4.01. The lowest BCUT2D eigenvalue weighted by Gasteiger charge is -2.02. The van der Waals surface area contributed by atoms with Gasteiger partial charge < -0.3 is 4.57 Å². The summed E-state index contributed by atoms with van der Waals surface area (Å²) in [5.41, 5.74) is 2.87. The normalized spacial score (nSPS) is 10.9. The molecule has 0 saturated carbocycles. The van der Waals surface area contributed by atoms with Gasteiger partial charge in [0.25, 0.3) is 0 Å². The molecule has 4 aromatic heterocycles. The summed E-state index contributed by atoms with van der Waals surface area (Å²) in [6.45, 7) is 0. The van der Waals surface area contributed by atoms with Gasteiger partial charge in [0.05, 0.1) is 11.4 Å². The molecule has 8 heteroatoms. The molecule has 0 radical (unpaired) electrons. The molecule has 0 unspecified atom stereocenters. The van der Waals surface area contributed by atoms with Crippen LogP contribution in [0.2, 0.25) is 0 Å². The van der Waals surface area contributed by atoms with E-state index < -0.39 is 0 Å². The van der Waals surface area contributed by atoms with Crippen LogP contribution in [0.5, 0.6) is 0 Å². The number of hydrogen-bond donors (Lipinski definition) is 0. The molecule has 4 rings (SSSR count). The fraction of sp³-hybridized carbons (Fsp3) is 0.118. The minimum Gasteiger partial charge on any atom is -0.305 e. The van der Waals surface area contributed by atoms with Crippen molar-refractivity contribution in [2.24, 2.45) is 7.05 Å². The molecular formula is C17H14N6S2. The first-order chi connectivity index (χ1) is 12.3. The Hall–Kier alpha value is -2.58. The van der Waals surface area contributed by atoms with Gasteiger partial charge in [-0.25, -0.2) is 4.98 Å². The van der Waals surface area contributed by atoms with Crippen molar-refractivity contribution in [2.45, 2.75) is 10.9 Å². The van der Waals surface area contributed by atoms with Crippen LogP contribution < -0.4 is 0 Å². The molecule has 0 spiro atoms. The smallest absolute Gasteiger partial charge is 0.191 e. The third-order valence-corrected chi connectivity index (χ3v) is 5.51. The summed E-state index contributed by atoms with van der Waals surface area (Å²) < 4.78 is 1.98. The third kappa shape index (κ3) is 3.45. The van der Waals surface area contributed by atoms with Crippen LogP contribution >= 0.6 is 23.1 Å². The number of aromatic nitrogens is 6. The van der Waals surface area contributed by atoms with Crippen molar-refractivity contribution < 1.29 is 0 Å². The van der Waals surface area contributed by atoms with Gasteiger partial charge >= 0.3 is 0 Å². The highest BCUT2D eigenvalue weighted by atomic mass is 32.2. The molecule has 0 bridgehead atoms. The first-order valence-corrected chi connectivity index (χ1v) is 9.46. The zero-order valence-corrected chi connectivity index (χ0v) is 15.0. The van der Waals surface area contributed by atoms with Crippen LogP contribution in [-0.2, 0) is 12.8 Å². The Morgan fingerprint density at radius 1 is 1.12 bits per heavy atom. The van der Waals surface area contributed by atoms with E-state index in [2.05, 4.69) is 30.5 Å². The minimum absolute atomic E-state index is 0.738. The third-order valence-electron chi connectivity index (χ3n) is 3.54. The number of rotatable bonds is 5. The lowest BCUT2D eigenvalue weighted by atomic mass is 10.3. The molecule has 25 heavy (non-hydrogen) atoms. The number of thioether (sulfide) groups is 1. The zero-order valence-electron chi connectivity index (χ0n) is 13.4. The van der Waals surface area contributed by atoms with Gasteiger partial charge in [-0.05, 0) is 24.3 Å². The van der Waals surface area contributed by atoms with Gasteiger partial charge in [-0.2, -0.15) is 0 Å². The molecule has 4 aromatic rings. The quantitative estimate of drug-likeness (QED) is 0.502. The van der Waals surface area contributed by atoms with E-state index in [1.54, 1.807) is 41.7 Å². The van der Waals surface area contributed by atoms with Crippen LogP contribution in [0.4, 0.5) is 0 Å². The molecule has 0 aliphatic heterocycles. The second kappa shape index (κ2) is 7.12. The van der Waals surface area contributed by atoms with E-state index in [1.807, 2.05) is 41.9 Å². The molecule has 4 heterocycles. The Morgan fingerprint density at radius 3 is 2.88 bits per heavy atom. The maximum Gasteiger partial charge on any atom is 0.191 e. The van der Waals surface area contributed by atoms with E-state index in [0.717, 1.165) is 38.7 Å². The van der Waals surface area contributed by atoms with Crippen molar-refractivity contribution in [2.75, 3.05) is 0 Å². The molecule has 0 atom stereocenters. The van der Waals surface area contributed by atoms with Crippen molar-refractivity contribution in [1.29, 1.82) is 0 Å². The molecule has 0 aliphatic rings. The van der Waals surface area contributed by atoms with Crippen LogP contribution in [0, 0.1) is 0 Å². The SMILES string of the molecule is Cn1c(SCc2csc(-c3ccccn3)n2)nnc1-c1cccnc1. The van der Waals surface area contributed by atoms with Crippen molar-refractivity contribution in [3.63, 3.8) is 0 Å². The second-order valence-electron chi connectivity index (χ2n) is 5.25. The molecule has 0 N–H and O–H groups in total. The summed E-state index contributed by atoms with van der Waals surface area (Å²) in [6, 6.07) is 9.72. The summed E-state index contributed by atoms with van der Waals surface area (Å²) in [7, 11) is 1.96. The summed E-state index contributed by atoms with van der Waals surface area (Å²) >= 11 is 3.22. The Bertz CT molecular complexity index is 965. The van der Waals surface area contributed by atoms with Gasteiger partial charge in [-0.1, -0.05) is 17.8 Å². The van der Waals surface area contributed by atoms with E-state index >= 15 is 0 Å². The predicted octanol–water partition coefficient (Wildman–Crippen LogP) is 3.69. The Labute approximate surface area is 153 Å². The van der Waals surface area contributed by atoms with Gasteiger partial charge in [0, 0.05) is 42.3 Å². The highest BCUT2D eigenvalue weighted by molar-refractivity contribution is 7.98. The lowest BCUT2D eigenvalue weighted by molar-refractivity contribution is 0.793. The average molecular weight is 366 g/mol. The molecule has 0 aromatic carbocycles. The van der Waals surface area contributed by atoms with Gasteiger partial charge in [-0.15, -0.1) is 21.5 Å². The van der Waals surface area contributed by atoms with Crippen LogP contribution in [-0.4, -0.2) is 29.7 Å². The maximum atomic E-state index is 4.66. The highest BCUT2D eigenvalue weighted by Crippen LogP contribution is 2.27. The first-order valence-electron chi connectivity index (χ1n) is 7.59. The van der Waals surface area contributed by atoms with Crippen LogP contribution in [0.1, 0.15) is 5.69 Å². The summed E-state index contributed by atoms with van der Waals surface area (Å²) in [6.07, 6.45) is 5.32. The molecule has 0 saturated heterocycles. The van der Waals surface area contributed by atoms with Crippen LogP contribution in [0.15, 0.2) is 59.5 Å². The zero-order chi connectivity index (χ0) is 17.1. The number of nitrogens with zero attached hydrogens (tertiary/aromatic N) is 6. The molecule has 0 fully saturated rings. The maximum absolute atomic E-state index is 4.66. The second-order valence-corrected chi connectivity index (χ2v) is 7.06.